The van der Waals surface area contributed by atoms with Crippen LogP contribution in [0.2, 0.25) is 0 Å². The number of nitrogens with one attached hydrogen (secondary N) is 1. The van der Waals surface area contributed by atoms with Crippen LogP contribution in [-0.2, 0) is 13.0 Å². The number of likely N-dealkylation sites (tertiary alicyclic amines) is 1. The standard InChI is InChI=1S/C45H54N4O4S.C2H6/c1-5-9-32-23-34(24-40(50)45(32)51)39-22-30(15-19-46-39)28-48-20-16-36(17-21-48)49(37-13-7-14-38(27-37)54-4)29-33-12-8-18-47-44(33)35-25-41(52-2)43(31-10-6-11-31)42(26-35)53-3;1-2/h7-8,12-15,18-19,22-27,31,36,39,46,50-51H,5-6,9-11,16-17,20-21,28-29H2,1-4H3;1-2H3. The minimum atomic E-state index is -0.0631. The lowest BCUT2D eigenvalue weighted by molar-refractivity contribution is 0.224. The van der Waals surface area contributed by atoms with Gasteiger partial charge in [0.2, 0.25) is 0 Å². The van der Waals surface area contributed by atoms with Crippen LogP contribution in [-0.4, -0.2) is 66.2 Å². The Balaban J connectivity index is 0.00000262. The van der Waals surface area contributed by atoms with E-state index in [4.69, 9.17) is 14.5 Å². The number of aryl methyl sites for hydroxylation is 1. The molecule has 0 amide bonds. The van der Waals surface area contributed by atoms with E-state index in [1.54, 1.807) is 32.0 Å². The van der Waals surface area contributed by atoms with E-state index >= 15 is 0 Å². The molecular formula is C47H60N4O4S. The molecule has 1 unspecified atom stereocenters. The first-order valence-corrected chi connectivity index (χ1v) is 21.6. The van der Waals surface area contributed by atoms with Crippen molar-refractivity contribution in [2.75, 3.05) is 45.0 Å². The molecule has 1 atom stereocenters. The lowest BCUT2D eigenvalue weighted by atomic mass is 9.78. The van der Waals surface area contributed by atoms with Crippen molar-refractivity contribution in [3.05, 3.63) is 113 Å². The van der Waals surface area contributed by atoms with Crippen LogP contribution in [0.15, 0.2) is 95.7 Å². The number of pyridine rings is 1. The van der Waals surface area contributed by atoms with Gasteiger partial charge in [0.25, 0.3) is 0 Å². The number of nitrogens with zero attached hydrogens (tertiary/aromatic N) is 3. The van der Waals surface area contributed by atoms with Crippen LogP contribution < -0.4 is 19.7 Å². The lowest BCUT2D eigenvalue weighted by Crippen LogP contribution is -2.45. The Hall–Kier alpha value is -4.60. The quantitative estimate of drug-likeness (QED) is 0.0855. The summed E-state index contributed by atoms with van der Waals surface area (Å²) in [5, 5.41) is 24.3. The van der Waals surface area contributed by atoms with Gasteiger partial charge < -0.3 is 29.9 Å². The fraction of sp³-hybridized carbons (Fsp3) is 0.426. The summed E-state index contributed by atoms with van der Waals surface area (Å²) in [4.78, 5) is 11.4. The highest BCUT2D eigenvalue weighted by Crippen LogP contribution is 2.47. The predicted octanol–water partition coefficient (Wildman–Crippen LogP) is 10.4. The van der Waals surface area contributed by atoms with E-state index in [2.05, 4.69) is 82.9 Å². The molecule has 7 rings (SSSR count). The van der Waals surface area contributed by atoms with Crippen LogP contribution in [0.5, 0.6) is 23.0 Å². The van der Waals surface area contributed by atoms with Crippen LogP contribution in [0.3, 0.4) is 0 Å². The number of benzene rings is 3. The van der Waals surface area contributed by atoms with Crippen LogP contribution in [0, 0.1) is 0 Å². The smallest absolute Gasteiger partial charge is 0.160 e. The topological polar surface area (TPSA) is 90.3 Å². The van der Waals surface area contributed by atoms with Crippen molar-refractivity contribution in [1.82, 2.24) is 15.2 Å². The number of piperidine rings is 1. The summed E-state index contributed by atoms with van der Waals surface area (Å²) >= 11 is 1.78. The molecule has 0 bridgehead atoms. The molecule has 0 radical (unpaired) electrons. The summed E-state index contributed by atoms with van der Waals surface area (Å²) in [6, 6.07) is 21.5. The van der Waals surface area contributed by atoms with E-state index in [-0.39, 0.29) is 17.5 Å². The Morgan fingerprint density at radius 1 is 0.929 bits per heavy atom. The number of rotatable bonds is 14. The Kier molecular flexibility index (Phi) is 14.3. The lowest BCUT2D eigenvalue weighted by Gasteiger charge is -2.40. The molecule has 3 aromatic carbocycles. The molecule has 8 nitrogen and oxygen atoms in total. The predicted molar refractivity (Wildman–Crippen MR) is 231 cm³/mol. The van der Waals surface area contributed by atoms with Crippen LogP contribution in [0.1, 0.15) is 93.5 Å². The van der Waals surface area contributed by atoms with Crippen molar-refractivity contribution >= 4 is 17.4 Å². The third-order valence-electron chi connectivity index (χ3n) is 11.4. The number of anilines is 1. The van der Waals surface area contributed by atoms with Gasteiger partial charge in [-0.25, -0.2) is 0 Å². The largest absolute Gasteiger partial charge is 0.504 e. The molecule has 0 spiro atoms. The second-order valence-corrected chi connectivity index (χ2v) is 15.7. The number of ether oxygens (including phenoxy) is 2. The fourth-order valence-corrected chi connectivity index (χ4v) is 8.72. The van der Waals surface area contributed by atoms with Gasteiger partial charge in [0.1, 0.15) is 11.5 Å². The van der Waals surface area contributed by atoms with Crippen molar-refractivity contribution in [3.8, 4) is 34.3 Å². The highest BCUT2D eigenvalue weighted by Gasteiger charge is 2.30. The normalized spacial score (nSPS) is 17.2. The summed E-state index contributed by atoms with van der Waals surface area (Å²) in [6.45, 7) is 9.66. The average Bonchev–Trinajstić information content (AvgIpc) is 3.22. The number of hydrogen-bond acceptors (Lipinski definition) is 9. The average molecular weight is 777 g/mol. The summed E-state index contributed by atoms with van der Waals surface area (Å²) in [6.07, 6.45) is 17.7. The molecule has 1 saturated carbocycles. The minimum Gasteiger partial charge on any atom is -0.504 e. The third kappa shape index (κ3) is 9.32. The Morgan fingerprint density at radius 3 is 2.34 bits per heavy atom. The monoisotopic (exact) mass is 776 g/mol. The van der Waals surface area contributed by atoms with Gasteiger partial charge in [0.15, 0.2) is 11.5 Å². The Bertz CT molecular complexity index is 1960. The first-order chi connectivity index (χ1) is 27.4. The Labute approximate surface area is 338 Å². The summed E-state index contributed by atoms with van der Waals surface area (Å²) in [5.41, 5.74) is 8.56. The second kappa shape index (κ2) is 19.5. The van der Waals surface area contributed by atoms with E-state index in [0.717, 1.165) is 85.7 Å². The van der Waals surface area contributed by atoms with E-state index < -0.39 is 0 Å². The number of methoxy groups -OCH3 is 2. The van der Waals surface area contributed by atoms with Gasteiger partial charge >= 0.3 is 0 Å². The first-order valence-electron chi connectivity index (χ1n) is 20.4. The van der Waals surface area contributed by atoms with Crippen LogP contribution in [0.4, 0.5) is 5.69 Å². The highest BCUT2D eigenvalue weighted by atomic mass is 32.2. The van der Waals surface area contributed by atoms with E-state index in [0.29, 0.717) is 12.0 Å². The minimum absolute atomic E-state index is 0.00803. The maximum Gasteiger partial charge on any atom is 0.160 e. The van der Waals surface area contributed by atoms with Crippen molar-refractivity contribution in [3.63, 3.8) is 0 Å². The molecule has 2 aliphatic heterocycles. The first kappa shape index (κ1) is 41.0. The molecule has 3 aliphatic rings. The number of aromatic hydroxyl groups is 2. The number of thioether (sulfide) groups is 1. The third-order valence-corrected chi connectivity index (χ3v) is 12.1. The SMILES string of the molecule is CC.CCCc1cc(C2C=C(CN3CCC(N(Cc4cccnc4-c4cc(OC)c(C5CCC5)c(OC)c4)c4cccc(SC)c4)CC3)C=CN2)cc(O)c1O. The van der Waals surface area contributed by atoms with E-state index in [1.807, 2.05) is 38.4 Å². The highest BCUT2D eigenvalue weighted by molar-refractivity contribution is 7.98. The molecule has 3 heterocycles. The summed E-state index contributed by atoms with van der Waals surface area (Å²) in [5.74, 6) is 2.18. The van der Waals surface area contributed by atoms with Gasteiger partial charge in [-0.2, -0.15) is 0 Å². The molecule has 9 heteroatoms. The number of phenols is 2. The van der Waals surface area contributed by atoms with Crippen molar-refractivity contribution in [1.29, 1.82) is 0 Å². The number of hydrogen-bond donors (Lipinski definition) is 3. The van der Waals surface area contributed by atoms with Gasteiger partial charge in [-0.3, -0.25) is 9.88 Å². The van der Waals surface area contributed by atoms with Crippen molar-refractivity contribution < 1.29 is 19.7 Å². The molecule has 298 valence electrons. The zero-order valence-electron chi connectivity index (χ0n) is 34.1. The summed E-state index contributed by atoms with van der Waals surface area (Å²) in [7, 11) is 3.52. The van der Waals surface area contributed by atoms with Crippen molar-refractivity contribution in [2.24, 2.45) is 0 Å². The van der Waals surface area contributed by atoms with E-state index in [9.17, 15) is 10.2 Å². The molecule has 4 aromatic rings. The van der Waals surface area contributed by atoms with Gasteiger partial charge in [-0.1, -0.05) is 51.8 Å². The van der Waals surface area contributed by atoms with Crippen LogP contribution >= 0.6 is 11.8 Å². The molecule has 56 heavy (non-hydrogen) atoms. The second-order valence-electron chi connectivity index (χ2n) is 14.8. The van der Waals surface area contributed by atoms with Gasteiger partial charge in [0.05, 0.1) is 26.0 Å². The van der Waals surface area contributed by atoms with Crippen LogP contribution in [0.25, 0.3) is 11.3 Å². The molecule has 1 aromatic heterocycles. The molecule has 3 N–H and O–H groups in total. The van der Waals surface area contributed by atoms with Crippen molar-refractivity contribution in [2.45, 2.75) is 95.2 Å². The number of dihydropyridines is 1. The maximum absolute atomic E-state index is 10.5. The molecule has 1 saturated heterocycles. The molecule has 1 aliphatic carbocycles. The number of aromatic nitrogens is 1. The zero-order chi connectivity index (χ0) is 39.6. The zero-order valence-corrected chi connectivity index (χ0v) is 34.9. The maximum atomic E-state index is 10.5. The van der Waals surface area contributed by atoms with Gasteiger partial charge in [-0.15, -0.1) is 11.8 Å². The van der Waals surface area contributed by atoms with Gasteiger partial charge in [-0.05, 0) is 127 Å². The van der Waals surface area contributed by atoms with E-state index in [1.165, 1.54) is 46.5 Å². The fourth-order valence-electron chi connectivity index (χ4n) is 8.27. The number of phenolic OH excluding ortho intramolecular Hbond substituents is 2. The molecule has 2 fully saturated rings. The van der Waals surface area contributed by atoms with Gasteiger partial charge in [0, 0.05) is 60.1 Å². The molecular weight excluding hydrogens is 717 g/mol. The Morgan fingerprint density at radius 2 is 1.68 bits per heavy atom. The summed E-state index contributed by atoms with van der Waals surface area (Å²) < 4.78 is 12.0.